The van der Waals surface area contributed by atoms with Gasteiger partial charge >= 0.3 is 0 Å². The number of rotatable bonds is 4. The van der Waals surface area contributed by atoms with E-state index in [2.05, 4.69) is 10.3 Å². The summed E-state index contributed by atoms with van der Waals surface area (Å²) in [6.07, 6.45) is 3.24. The van der Waals surface area contributed by atoms with Gasteiger partial charge in [0.1, 0.15) is 5.76 Å². The summed E-state index contributed by atoms with van der Waals surface area (Å²) >= 11 is 0. The van der Waals surface area contributed by atoms with Crippen LogP contribution in [-0.2, 0) is 16.0 Å². The Hall–Kier alpha value is -0.910. The van der Waals surface area contributed by atoms with Crippen LogP contribution in [0.5, 0.6) is 0 Å². The van der Waals surface area contributed by atoms with Gasteiger partial charge in [0, 0.05) is 6.54 Å². The molecule has 84 valence electrons. The van der Waals surface area contributed by atoms with E-state index in [0.29, 0.717) is 13.2 Å². The van der Waals surface area contributed by atoms with Crippen molar-refractivity contribution >= 4 is 0 Å². The predicted octanol–water partition coefficient (Wildman–Crippen LogP) is 0.916. The summed E-state index contributed by atoms with van der Waals surface area (Å²) in [7, 11) is 0. The molecule has 0 bridgehead atoms. The molecule has 0 aliphatic carbocycles. The molecule has 2 heterocycles. The van der Waals surface area contributed by atoms with E-state index in [-0.39, 0.29) is 6.10 Å². The molecule has 1 aromatic heterocycles. The van der Waals surface area contributed by atoms with Gasteiger partial charge in [0.15, 0.2) is 12.2 Å². The molecule has 1 atom stereocenters. The summed E-state index contributed by atoms with van der Waals surface area (Å²) in [6.45, 7) is 5.90. The minimum Gasteiger partial charge on any atom is -0.447 e. The highest BCUT2D eigenvalue weighted by molar-refractivity contribution is 4.87. The highest BCUT2D eigenvalue weighted by Gasteiger charge is 2.32. The molecule has 0 amide bonds. The van der Waals surface area contributed by atoms with Crippen molar-refractivity contribution in [1.82, 2.24) is 10.3 Å². The second kappa shape index (κ2) is 4.30. The second-order valence-corrected chi connectivity index (χ2v) is 4.05. The van der Waals surface area contributed by atoms with E-state index in [0.717, 1.165) is 12.3 Å². The third kappa shape index (κ3) is 3.02. The van der Waals surface area contributed by atoms with Crippen molar-refractivity contribution in [2.24, 2.45) is 0 Å². The maximum absolute atomic E-state index is 5.64. The lowest BCUT2D eigenvalue weighted by Gasteiger charge is -2.17. The lowest BCUT2D eigenvalue weighted by atomic mass is 10.3. The summed E-state index contributed by atoms with van der Waals surface area (Å²) in [6, 6.07) is 0. The fraction of sp³-hybridized carbons (Fsp3) is 0.700. The molecule has 1 aromatic rings. The van der Waals surface area contributed by atoms with Crippen LogP contribution >= 0.6 is 0 Å². The molecule has 2 rings (SSSR count). The number of hydrogen-bond donors (Lipinski definition) is 1. The molecule has 1 saturated heterocycles. The van der Waals surface area contributed by atoms with Gasteiger partial charge in [-0.05, 0) is 13.8 Å². The van der Waals surface area contributed by atoms with Crippen molar-refractivity contribution in [3.05, 3.63) is 18.4 Å². The van der Waals surface area contributed by atoms with Crippen LogP contribution in [0.25, 0.3) is 0 Å². The van der Waals surface area contributed by atoms with E-state index in [9.17, 15) is 0 Å². The number of aromatic nitrogens is 1. The molecule has 0 aromatic carbocycles. The van der Waals surface area contributed by atoms with E-state index < -0.39 is 5.79 Å². The maximum Gasteiger partial charge on any atom is 0.180 e. The van der Waals surface area contributed by atoms with Crippen LogP contribution < -0.4 is 5.32 Å². The summed E-state index contributed by atoms with van der Waals surface area (Å²) in [5.74, 6) is 0.381. The molecular formula is C10H16N2O3. The summed E-state index contributed by atoms with van der Waals surface area (Å²) in [5.41, 5.74) is 0. The van der Waals surface area contributed by atoms with Crippen molar-refractivity contribution in [3.63, 3.8) is 0 Å². The minimum absolute atomic E-state index is 0.114. The number of nitrogens with one attached hydrogen (secondary N) is 1. The van der Waals surface area contributed by atoms with Crippen LogP contribution in [0.15, 0.2) is 17.0 Å². The quantitative estimate of drug-likeness (QED) is 0.804. The van der Waals surface area contributed by atoms with Crippen molar-refractivity contribution < 1.29 is 13.9 Å². The van der Waals surface area contributed by atoms with Gasteiger partial charge in [-0.3, -0.25) is 0 Å². The van der Waals surface area contributed by atoms with Gasteiger partial charge in [-0.15, -0.1) is 0 Å². The largest absolute Gasteiger partial charge is 0.447 e. The third-order valence-corrected chi connectivity index (χ3v) is 2.22. The Morgan fingerprint density at radius 2 is 2.47 bits per heavy atom. The van der Waals surface area contributed by atoms with Gasteiger partial charge < -0.3 is 19.2 Å². The Kier molecular flexibility index (Phi) is 3.04. The molecule has 15 heavy (non-hydrogen) atoms. The average molecular weight is 212 g/mol. The Morgan fingerprint density at radius 1 is 1.60 bits per heavy atom. The highest BCUT2D eigenvalue weighted by Crippen LogP contribution is 2.21. The van der Waals surface area contributed by atoms with E-state index in [1.165, 1.54) is 6.39 Å². The van der Waals surface area contributed by atoms with Crippen molar-refractivity contribution in [2.45, 2.75) is 32.3 Å². The molecule has 5 heteroatoms. The molecule has 0 saturated carbocycles. The first-order valence-electron chi connectivity index (χ1n) is 5.05. The zero-order chi connectivity index (χ0) is 10.7. The SMILES string of the molecule is CC1(C)OCC(CNCc2cnco2)O1. The van der Waals surface area contributed by atoms with Crippen molar-refractivity contribution in [1.29, 1.82) is 0 Å². The van der Waals surface area contributed by atoms with Crippen LogP contribution in [0.3, 0.4) is 0 Å². The molecular weight excluding hydrogens is 196 g/mol. The molecule has 1 aliphatic rings. The Morgan fingerprint density at radius 3 is 3.07 bits per heavy atom. The maximum atomic E-state index is 5.64. The van der Waals surface area contributed by atoms with E-state index >= 15 is 0 Å². The zero-order valence-electron chi connectivity index (χ0n) is 9.03. The summed E-state index contributed by atoms with van der Waals surface area (Å²) < 4.78 is 16.2. The van der Waals surface area contributed by atoms with Gasteiger partial charge in [-0.25, -0.2) is 4.98 Å². The van der Waals surface area contributed by atoms with E-state index in [4.69, 9.17) is 13.9 Å². The van der Waals surface area contributed by atoms with Gasteiger partial charge in [0.25, 0.3) is 0 Å². The molecule has 1 N–H and O–H groups in total. The monoisotopic (exact) mass is 212 g/mol. The lowest BCUT2D eigenvalue weighted by molar-refractivity contribution is -0.137. The summed E-state index contributed by atoms with van der Waals surface area (Å²) in [4.78, 5) is 3.83. The molecule has 1 aliphatic heterocycles. The number of oxazole rings is 1. The normalized spacial score (nSPS) is 24.5. The number of ether oxygens (including phenoxy) is 2. The smallest absolute Gasteiger partial charge is 0.180 e. The predicted molar refractivity (Wildman–Crippen MR) is 53.1 cm³/mol. The van der Waals surface area contributed by atoms with Crippen LogP contribution in [0.2, 0.25) is 0 Å². The topological polar surface area (TPSA) is 56.5 Å². The second-order valence-electron chi connectivity index (χ2n) is 4.05. The number of nitrogens with zero attached hydrogens (tertiary/aromatic N) is 1. The standard InChI is InChI=1S/C10H16N2O3/c1-10(2)14-6-9(15-10)5-11-3-8-4-12-7-13-8/h4,7,9,11H,3,5-6H2,1-2H3. The molecule has 1 unspecified atom stereocenters. The first-order chi connectivity index (χ1) is 7.16. The first-order valence-corrected chi connectivity index (χ1v) is 5.05. The Balaban J connectivity index is 1.67. The first kappa shape index (κ1) is 10.6. The zero-order valence-corrected chi connectivity index (χ0v) is 9.03. The van der Waals surface area contributed by atoms with Crippen LogP contribution in [-0.4, -0.2) is 30.0 Å². The van der Waals surface area contributed by atoms with Crippen LogP contribution in [0.1, 0.15) is 19.6 Å². The Labute approximate surface area is 88.8 Å². The summed E-state index contributed by atoms with van der Waals surface area (Å²) in [5, 5.41) is 3.23. The highest BCUT2D eigenvalue weighted by atomic mass is 16.7. The molecule has 0 spiro atoms. The third-order valence-electron chi connectivity index (χ3n) is 2.22. The minimum atomic E-state index is -0.446. The van der Waals surface area contributed by atoms with E-state index in [1.807, 2.05) is 13.8 Å². The fourth-order valence-electron chi connectivity index (χ4n) is 1.55. The van der Waals surface area contributed by atoms with Gasteiger partial charge in [-0.1, -0.05) is 0 Å². The molecule has 5 nitrogen and oxygen atoms in total. The van der Waals surface area contributed by atoms with Crippen molar-refractivity contribution in [2.75, 3.05) is 13.2 Å². The average Bonchev–Trinajstić information content (AvgIpc) is 2.76. The van der Waals surface area contributed by atoms with Crippen LogP contribution in [0, 0.1) is 0 Å². The fourth-order valence-corrected chi connectivity index (χ4v) is 1.55. The lowest BCUT2D eigenvalue weighted by Crippen LogP contribution is -2.30. The van der Waals surface area contributed by atoms with E-state index in [1.54, 1.807) is 6.20 Å². The molecule has 1 fully saturated rings. The number of hydrogen-bond acceptors (Lipinski definition) is 5. The molecule has 0 radical (unpaired) electrons. The van der Waals surface area contributed by atoms with Crippen molar-refractivity contribution in [3.8, 4) is 0 Å². The van der Waals surface area contributed by atoms with Crippen LogP contribution in [0.4, 0.5) is 0 Å². The Bertz CT molecular complexity index is 298. The van der Waals surface area contributed by atoms with Gasteiger partial charge in [0.05, 0.1) is 25.5 Å². The van der Waals surface area contributed by atoms with Gasteiger partial charge in [-0.2, -0.15) is 0 Å². The van der Waals surface area contributed by atoms with Gasteiger partial charge in [0.2, 0.25) is 0 Å².